The fourth-order valence-electron chi connectivity index (χ4n) is 5.22. The maximum absolute atomic E-state index is 6.26. The van der Waals surface area contributed by atoms with Crippen LogP contribution in [0.4, 0.5) is 5.69 Å². The standard InChI is InChI=1S/C36H36N4/c1-5-7-9-15-23-40-32-19-14-13-18-29(32)33(40)22-21-31-25(3)35-28-17-12-11-16-27(28)24-30(36(35)39-31)26(4)38-34(37)20-10-8-6-2/h5,7,9-24,26,39H,1,3,6,8H2,2,4H3,(H2,37,38)/b9-7-,20-10-,23-15-,31-21+,33-22-. The minimum Gasteiger partial charge on any atom is -0.384 e. The van der Waals surface area contributed by atoms with Crippen molar-refractivity contribution in [3.63, 3.8) is 0 Å². The molecule has 0 saturated carbocycles. The van der Waals surface area contributed by atoms with E-state index < -0.39 is 0 Å². The van der Waals surface area contributed by atoms with Crippen LogP contribution in [-0.2, 0) is 0 Å². The number of hydrogen-bond acceptors (Lipinski definition) is 2. The summed E-state index contributed by atoms with van der Waals surface area (Å²) in [6, 6.07) is 19.0. The monoisotopic (exact) mass is 524 g/mol. The van der Waals surface area contributed by atoms with Crippen molar-refractivity contribution in [3.05, 3.63) is 132 Å². The summed E-state index contributed by atoms with van der Waals surface area (Å²) in [5.41, 5.74) is 11.9. The van der Waals surface area contributed by atoms with E-state index in [2.05, 4.69) is 116 Å². The molecule has 200 valence electrons. The highest BCUT2D eigenvalue weighted by Gasteiger charge is 2.25. The number of nitrogens with one attached hydrogen (secondary N) is 1. The van der Waals surface area contributed by atoms with Crippen molar-refractivity contribution in [3.8, 4) is 0 Å². The van der Waals surface area contributed by atoms with Crippen molar-refractivity contribution < 1.29 is 0 Å². The first-order valence-electron chi connectivity index (χ1n) is 13.8. The van der Waals surface area contributed by atoms with Crippen LogP contribution in [0.5, 0.6) is 0 Å². The molecule has 40 heavy (non-hydrogen) atoms. The van der Waals surface area contributed by atoms with Gasteiger partial charge in [0.05, 0.1) is 22.9 Å². The largest absolute Gasteiger partial charge is 0.384 e. The third kappa shape index (κ3) is 5.21. The summed E-state index contributed by atoms with van der Waals surface area (Å²) in [5, 5.41) is 5.42. The van der Waals surface area contributed by atoms with Gasteiger partial charge in [-0.1, -0.05) is 93.3 Å². The Morgan fingerprint density at radius 1 is 1.07 bits per heavy atom. The number of fused-ring (bicyclic) bond motifs is 4. The number of aromatic nitrogens is 1. The molecule has 1 aliphatic heterocycles. The van der Waals surface area contributed by atoms with E-state index in [0.29, 0.717) is 5.84 Å². The quantitative estimate of drug-likeness (QED) is 0.136. The van der Waals surface area contributed by atoms with Crippen LogP contribution in [0.15, 0.2) is 115 Å². The summed E-state index contributed by atoms with van der Waals surface area (Å²) in [4.78, 5) is 10.7. The minimum atomic E-state index is -0.120. The summed E-state index contributed by atoms with van der Waals surface area (Å²) >= 11 is 0. The van der Waals surface area contributed by atoms with E-state index in [1.165, 1.54) is 16.6 Å². The minimum absolute atomic E-state index is 0.120. The predicted octanol–water partition coefficient (Wildman–Crippen LogP) is 7.40. The van der Waals surface area contributed by atoms with Gasteiger partial charge >= 0.3 is 0 Å². The molecule has 0 fully saturated rings. The highest BCUT2D eigenvalue weighted by Crippen LogP contribution is 2.42. The highest BCUT2D eigenvalue weighted by atomic mass is 15.2. The Bertz CT molecular complexity index is 1830. The van der Waals surface area contributed by atoms with Gasteiger partial charge in [-0.3, -0.25) is 4.99 Å². The third-order valence-electron chi connectivity index (χ3n) is 7.20. The molecule has 0 spiro atoms. The molecule has 4 nitrogen and oxygen atoms in total. The number of amidine groups is 1. The fraction of sp³-hybridized carbons (Fsp3) is 0.139. The molecule has 4 aromatic rings. The maximum Gasteiger partial charge on any atom is 0.118 e. The lowest BCUT2D eigenvalue weighted by molar-refractivity contribution is 0.826. The second-order valence-electron chi connectivity index (χ2n) is 9.94. The van der Waals surface area contributed by atoms with E-state index in [1.807, 2.05) is 24.3 Å². The topological polar surface area (TPSA) is 57.4 Å². The number of rotatable bonds is 9. The molecular formula is C36H36N4. The van der Waals surface area contributed by atoms with E-state index >= 15 is 0 Å². The zero-order valence-electron chi connectivity index (χ0n) is 23.3. The zero-order chi connectivity index (χ0) is 28.1. The number of nitrogens with zero attached hydrogens (tertiary/aromatic N) is 2. The first kappa shape index (κ1) is 26.8. The Kier molecular flexibility index (Phi) is 7.97. The van der Waals surface area contributed by atoms with Gasteiger partial charge in [0.2, 0.25) is 0 Å². The number of hydrogen-bond donors (Lipinski definition) is 2. The molecule has 1 atom stereocenters. The van der Waals surface area contributed by atoms with Crippen LogP contribution in [0.25, 0.3) is 40.0 Å². The summed E-state index contributed by atoms with van der Waals surface area (Å²) < 4.78 is 0. The lowest BCUT2D eigenvalue weighted by Crippen LogP contribution is -2.26. The van der Waals surface area contributed by atoms with Crippen LogP contribution in [0.3, 0.4) is 0 Å². The number of para-hydroxylation sites is 1. The Balaban J connectivity index is 1.63. The number of aromatic amines is 1. The average molecular weight is 525 g/mol. The number of unbranched alkanes of at least 4 members (excludes halogenated alkanes) is 1. The van der Waals surface area contributed by atoms with E-state index in [4.69, 9.17) is 10.7 Å². The molecule has 4 heteroatoms. The molecule has 3 aromatic carbocycles. The molecule has 0 bridgehead atoms. The highest BCUT2D eigenvalue weighted by molar-refractivity contribution is 6.08. The number of anilines is 1. The average Bonchev–Trinajstić information content (AvgIpc) is 3.29. The summed E-state index contributed by atoms with van der Waals surface area (Å²) in [7, 11) is 0. The van der Waals surface area contributed by atoms with Gasteiger partial charge in [-0.25, -0.2) is 0 Å². The van der Waals surface area contributed by atoms with Gasteiger partial charge in [0.25, 0.3) is 0 Å². The van der Waals surface area contributed by atoms with Gasteiger partial charge in [-0.2, -0.15) is 0 Å². The number of aliphatic imine (C=N–C) groups is 1. The normalized spacial score (nSPS) is 16.1. The number of nitrogens with two attached hydrogens (primary N) is 1. The van der Waals surface area contributed by atoms with E-state index in [1.54, 1.807) is 6.08 Å². The number of H-pyrrole nitrogens is 1. The van der Waals surface area contributed by atoms with Crippen molar-refractivity contribution >= 4 is 51.6 Å². The van der Waals surface area contributed by atoms with Crippen LogP contribution in [0.2, 0.25) is 0 Å². The van der Waals surface area contributed by atoms with E-state index in [0.717, 1.165) is 51.0 Å². The Morgan fingerprint density at radius 3 is 2.70 bits per heavy atom. The van der Waals surface area contributed by atoms with Crippen molar-refractivity contribution in [2.45, 2.75) is 32.7 Å². The van der Waals surface area contributed by atoms with Gasteiger partial charge in [0, 0.05) is 33.3 Å². The summed E-state index contributed by atoms with van der Waals surface area (Å²) in [6.07, 6.45) is 20.1. The van der Waals surface area contributed by atoms with Gasteiger partial charge in [0.1, 0.15) is 5.84 Å². The molecule has 1 unspecified atom stereocenters. The molecular weight excluding hydrogens is 488 g/mol. The number of allylic oxidation sites excluding steroid dienone is 6. The van der Waals surface area contributed by atoms with Gasteiger partial charge in [-0.15, -0.1) is 0 Å². The van der Waals surface area contributed by atoms with Crippen molar-refractivity contribution in [1.82, 2.24) is 4.98 Å². The van der Waals surface area contributed by atoms with Gasteiger partial charge in [0.15, 0.2) is 0 Å². The molecule has 0 saturated heterocycles. The third-order valence-corrected chi connectivity index (χ3v) is 7.20. The Hall–Kier alpha value is -4.83. The van der Waals surface area contributed by atoms with Crippen LogP contribution < -0.4 is 21.2 Å². The number of benzene rings is 3. The lowest BCUT2D eigenvalue weighted by atomic mass is 9.98. The molecule has 2 heterocycles. The van der Waals surface area contributed by atoms with Crippen LogP contribution in [0.1, 0.15) is 43.9 Å². The smallest absolute Gasteiger partial charge is 0.118 e. The van der Waals surface area contributed by atoms with Crippen LogP contribution in [-0.4, -0.2) is 10.8 Å². The SMILES string of the molecule is C=C/C=C\C=C/N1/C(=C\C=c2\[nH]c3c(C(C)N=C(N)/C=C\CCC)cc4ccccc4c3c2=C)c2ccccc21. The molecule has 5 rings (SSSR count). The van der Waals surface area contributed by atoms with Crippen molar-refractivity contribution in [1.29, 1.82) is 0 Å². The van der Waals surface area contributed by atoms with E-state index in [-0.39, 0.29) is 6.04 Å². The van der Waals surface area contributed by atoms with E-state index in [9.17, 15) is 0 Å². The first-order chi connectivity index (χ1) is 19.5. The molecule has 1 aliphatic rings. The second-order valence-corrected chi connectivity index (χ2v) is 9.94. The summed E-state index contributed by atoms with van der Waals surface area (Å²) in [6.45, 7) is 12.5. The summed E-state index contributed by atoms with van der Waals surface area (Å²) in [5.74, 6) is 0.542. The van der Waals surface area contributed by atoms with Crippen molar-refractivity contribution in [2.24, 2.45) is 10.7 Å². The Labute approximate surface area is 236 Å². The molecule has 0 radical (unpaired) electrons. The predicted molar refractivity (Wildman–Crippen MR) is 175 cm³/mol. The molecule has 3 N–H and O–H groups in total. The molecule has 0 amide bonds. The molecule has 0 aliphatic carbocycles. The van der Waals surface area contributed by atoms with Gasteiger partial charge < -0.3 is 15.6 Å². The molecule has 1 aromatic heterocycles. The first-order valence-corrected chi connectivity index (χ1v) is 13.8. The lowest BCUT2D eigenvalue weighted by Gasteiger charge is -2.36. The fourth-order valence-corrected chi connectivity index (χ4v) is 5.22. The Morgan fingerprint density at radius 2 is 1.88 bits per heavy atom. The zero-order valence-corrected chi connectivity index (χ0v) is 23.3. The van der Waals surface area contributed by atoms with Crippen LogP contribution >= 0.6 is 0 Å². The van der Waals surface area contributed by atoms with Crippen LogP contribution in [0, 0.1) is 0 Å². The van der Waals surface area contributed by atoms with Gasteiger partial charge in [-0.05, 0) is 60.6 Å². The second kappa shape index (κ2) is 11.9. The van der Waals surface area contributed by atoms with Crippen molar-refractivity contribution in [2.75, 3.05) is 4.90 Å². The maximum atomic E-state index is 6.26.